The summed E-state index contributed by atoms with van der Waals surface area (Å²) < 4.78 is 5.86. The zero-order valence-electron chi connectivity index (χ0n) is 13.9. The monoisotopic (exact) mass is 319 g/mol. The molecule has 0 radical (unpaired) electrons. The lowest BCUT2D eigenvalue weighted by atomic mass is 9.99. The highest BCUT2D eigenvalue weighted by Gasteiger charge is 2.25. The molecule has 0 amide bonds. The summed E-state index contributed by atoms with van der Waals surface area (Å²) in [5, 5.41) is 8.43. The first-order valence-electron chi connectivity index (χ1n) is 8.44. The van der Waals surface area contributed by atoms with E-state index in [-0.39, 0.29) is 0 Å². The number of likely N-dealkylation sites (tertiary alicyclic amines) is 1. The third-order valence-electron chi connectivity index (χ3n) is 4.63. The highest BCUT2D eigenvalue weighted by Crippen LogP contribution is 2.28. The lowest BCUT2D eigenvalue weighted by molar-refractivity contribution is 0.289. The van der Waals surface area contributed by atoms with Crippen LogP contribution in [0.4, 0.5) is 0 Å². The Balaban J connectivity index is 1.42. The van der Waals surface area contributed by atoms with Crippen molar-refractivity contribution in [2.24, 2.45) is 0 Å². The van der Waals surface area contributed by atoms with Gasteiger partial charge in [0.2, 0.25) is 11.8 Å². The SMILES string of the molecule is Cc1cccc(-c2nnc(CN3CCC(c4ccccc4)C3)o2)c1. The van der Waals surface area contributed by atoms with E-state index in [1.165, 1.54) is 17.5 Å². The standard InChI is InChI=1S/C20H21N3O/c1-15-6-5-9-17(12-15)20-22-21-19(24-20)14-23-11-10-18(13-23)16-7-3-2-4-8-16/h2-9,12,18H,10-11,13-14H2,1H3. The molecule has 0 saturated carbocycles. The van der Waals surface area contributed by atoms with Gasteiger partial charge in [0, 0.05) is 12.1 Å². The van der Waals surface area contributed by atoms with Crippen LogP contribution in [0.5, 0.6) is 0 Å². The fourth-order valence-electron chi connectivity index (χ4n) is 3.38. The van der Waals surface area contributed by atoms with Gasteiger partial charge >= 0.3 is 0 Å². The molecule has 4 nitrogen and oxygen atoms in total. The van der Waals surface area contributed by atoms with E-state index < -0.39 is 0 Å². The van der Waals surface area contributed by atoms with Crippen molar-refractivity contribution in [3.8, 4) is 11.5 Å². The Kier molecular flexibility index (Phi) is 4.13. The van der Waals surface area contributed by atoms with Crippen LogP contribution in [0.2, 0.25) is 0 Å². The molecule has 2 aromatic carbocycles. The van der Waals surface area contributed by atoms with E-state index in [2.05, 4.69) is 64.5 Å². The number of nitrogens with zero attached hydrogens (tertiary/aromatic N) is 3. The van der Waals surface area contributed by atoms with E-state index >= 15 is 0 Å². The number of rotatable bonds is 4. The smallest absolute Gasteiger partial charge is 0.247 e. The summed E-state index contributed by atoms with van der Waals surface area (Å²) in [5.41, 5.74) is 3.60. The molecular formula is C20H21N3O. The molecule has 1 aliphatic rings. The summed E-state index contributed by atoms with van der Waals surface area (Å²) in [6.07, 6.45) is 1.18. The molecule has 0 aliphatic carbocycles. The van der Waals surface area contributed by atoms with Crippen LogP contribution < -0.4 is 0 Å². The predicted molar refractivity (Wildman–Crippen MR) is 93.5 cm³/mol. The number of hydrogen-bond acceptors (Lipinski definition) is 4. The minimum atomic E-state index is 0.602. The van der Waals surface area contributed by atoms with Crippen LogP contribution in [0.25, 0.3) is 11.5 Å². The summed E-state index contributed by atoms with van der Waals surface area (Å²) in [6.45, 7) is 4.91. The normalized spacial score (nSPS) is 18.1. The van der Waals surface area contributed by atoms with Crippen molar-refractivity contribution in [2.45, 2.75) is 25.8 Å². The van der Waals surface area contributed by atoms with Gasteiger partial charge in [-0.15, -0.1) is 10.2 Å². The van der Waals surface area contributed by atoms with Gasteiger partial charge in [0.25, 0.3) is 0 Å². The highest BCUT2D eigenvalue weighted by atomic mass is 16.4. The molecule has 1 saturated heterocycles. The minimum Gasteiger partial charge on any atom is -0.419 e. The summed E-state index contributed by atoms with van der Waals surface area (Å²) in [6, 6.07) is 18.9. The Labute approximate surface area is 142 Å². The van der Waals surface area contributed by atoms with Crippen LogP contribution in [0, 0.1) is 6.92 Å². The third kappa shape index (κ3) is 3.24. The first-order valence-corrected chi connectivity index (χ1v) is 8.44. The molecule has 1 aromatic heterocycles. The van der Waals surface area contributed by atoms with Crippen LogP contribution in [0.3, 0.4) is 0 Å². The molecule has 1 aliphatic heterocycles. The van der Waals surface area contributed by atoms with Crippen LogP contribution in [-0.4, -0.2) is 28.2 Å². The van der Waals surface area contributed by atoms with E-state index in [0.29, 0.717) is 17.7 Å². The topological polar surface area (TPSA) is 42.2 Å². The number of aryl methyl sites for hydroxylation is 1. The lowest BCUT2D eigenvalue weighted by Crippen LogP contribution is -2.19. The molecular weight excluding hydrogens is 298 g/mol. The Hall–Kier alpha value is -2.46. The van der Waals surface area contributed by atoms with Crippen molar-refractivity contribution in [2.75, 3.05) is 13.1 Å². The average Bonchev–Trinajstić information content (AvgIpc) is 3.26. The Morgan fingerprint density at radius 3 is 2.79 bits per heavy atom. The summed E-state index contributed by atoms with van der Waals surface area (Å²) >= 11 is 0. The maximum atomic E-state index is 5.86. The fourth-order valence-corrected chi connectivity index (χ4v) is 3.38. The van der Waals surface area contributed by atoms with Crippen LogP contribution >= 0.6 is 0 Å². The van der Waals surface area contributed by atoms with Gasteiger partial charge in [-0.25, -0.2) is 0 Å². The maximum absolute atomic E-state index is 5.86. The third-order valence-corrected chi connectivity index (χ3v) is 4.63. The zero-order valence-corrected chi connectivity index (χ0v) is 13.9. The second kappa shape index (κ2) is 6.57. The molecule has 4 rings (SSSR count). The molecule has 3 aromatic rings. The van der Waals surface area contributed by atoms with Crippen molar-refractivity contribution in [1.29, 1.82) is 0 Å². The lowest BCUT2D eigenvalue weighted by Gasteiger charge is -2.13. The van der Waals surface area contributed by atoms with Crippen LogP contribution in [0.1, 0.15) is 29.4 Å². The van der Waals surface area contributed by atoms with Gasteiger partial charge in [0.1, 0.15) is 0 Å². The molecule has 24 heavy (non-hydrogen) atoms. The molecule has 0 N–H and O–H groups in total. The van der Waals surface area contributed by atoms with E-state index in [9.17, 15) is 0 Å². The molecule has 122 valence electrons. The molecule has 0 bridgehead atoms. The van der Waals surface area contributed by atoms with Gasteiger partial charge in [-0.2, -0.15) is 0 Å². The van der Waals surface area contributed by atoms with Crippen molar-refractivity contribution in [3.63, 3.8) is 0 Å². The average molecular weight is 319 g/mol. The molecule has 1 unspecified atom stereocenters. The van der Waals surface area contributed by atoms with E-state index in [0.717, 1.165) is 25.2 Å². The van der Waals surface area contributed by atoms with Gasteiger partial charge in [-0.1, -0.05) is 48.0 Å². The van der Waals surface area contributed by atoms with Crippen molar-refractivity contribution in [1.82, 2.24) is 15.1 Å². The van der Waals surface area contributed by atoms with Gasteiger partial charge in [-0.05, 0) is 43.5 Å². The van der Waals surface area contributed by atoms with Crippen molar-refractivity contribution >= 4 is 0 Å². The largest absolute Gasteiger partial charge is 0.419 e. The number of benzene rings is 2. The van der Waals surface area contributed by atoms with Crippen LogP contribution in [-0.2, 0) is 6.54 Å². The second-order valence-electron chi connectivity index (χ2n) is 6.50. The molecule has 1 fully saturated rings. The number of aromatic nitrogens is 2. The molecule has 2 heterocycles. The van der Waals surface area contributed by atoms with Gasteiger partial charge in [0.05, 0.1) is 6.54 Å². The maximum Gasteiger partial charge on any atom is 0.247 e. The minimum absolute atomic E-state index is 0.602. The molecule has 1 atom stereocenters. The van der Waals surface area contributed by atoms with E-state index in [1.807, 2.05) is 12.1 Å². The van der Waals surface area contributed by atoms with Gasteiger partial charge < -0.3 is 4.42 Å². The summed E-state index contributed by atoms with van der Waals surface area (Å²) in [5.74, 6) is 1.90. The van der Waals surface area contributed by atoms with E-state index in [4.69, 9.17) is 4.42 Å². The zero-order chi connectivity index (χ0) is 16.4. The summed E-state index contributed by atoms with van der Waals surface area (Å²) in [7, 11) is 0. The Bertz CT molecular complexity index is 813. The fraction of sp³-hybridized carbons (Fsp3) is 0.300. The number of hydrogen-bond donors (Lipinski definition) is 0. The van der Waals surface area contributed by atoms with Crippen molar-refractivity contribution in [3.05, 3.63) is 71.6 Å². The molecule has 4 heteroatoms. The highest BCUT2D eigenvalue weighted by molar-refractivity contribution is 5.53. The van der Waals surface area contributed by atoms with Gasteiger partial charge in [0.15, 0.2) is 0 Å². The molecule has 0 spiro atoms. The predicted octanol–water partition coefficient (Wildman–Crippen LogP) is 4.03. The van der Waals surface area contributed by atoms with Gasteiger partial charge in [-0.3, -0.25) is 4.90 Å². The summed E-state index contributed by atoms with van der Waals surface area (Å²) in [4.78, 5) is 2.39. The second-order valence-corrected chi connectivity index (χ2v) is 6.50. The Morgan fingerprint density at radius 2 is 1.96 bits per heavy atom. The first-order chi connectivity index (χ1) is 11.8. The van der Waals surface area contributed by atoms with Crippen LogP contribution in [0.15, 0.2) is 59.0 Å². The van der Waals surface area contributed by atoms with E-state index in [1.54, 1.807) is 0 Å². The first kappa shape index (κ1) is 15.1. The quantitative estimate of drug-likeness (QED) is 0.728. The van der Waals surface area contributed by atoms with Crippen molar-refractivity contribution < 1.29 is 4.42 Å². The Morgan fingerprint density at radius 1 is 1.08 bits per heavy atom.